The molecule has 0 spiro atoms. The van der Waals surface area contributed by atoms with Gasteiger partial charge in [0.2, 0.25) is 0 Å². The van der Waals surface area contributed by atoms with Crippen LogP contribution in [0, 0.1) is 17.3 Å². The van der Waals surface area contributed by atoms with Crippen molar-refractivity contribution in [3.63, 3.8) is 0 Å². The maximum Gasteiger partial charge on any atom is 0.0703 e. The molecule has 1 aliphatic rings. The van der Waals surface area contributed by atoms with Crippen LogP contribution in [0.15, 0.2) is 30.3 Å². The lowest BCUT2D eigenvalue weighted by Crippen LogP contribution is -2.18. The minimum absolute atomic E-state index is 0.0927. The van der Waals surface area contributed by atoms with Crippen LogP contribution >= 0.6 is 0 Å². The molecule has 0 saturated heterocycles. The molecule has 1 aromatic carbocycles. The Hall–Kier alpha value is -1.26. The van der Waals surface area contributed by atoms with Crippen LogP contribution in [-0.2, 0) is 0 Å². The van der Waals surface area contributed by atoms with Gasteiger partial charge in [-0.1, -0.05) is 37.0 Å². The highest BCUT2D eigenvalue weighted by Gasteiger charge is 2.46. The van der Waals surface area contributed by atoms with Gasteiger partial charge >= 0.3 is 0 Å². The zero-order chi connectivity index (χ0) is 10.7. The molecule has 0 aromatic heterocycles. The van der Waals surface area contributed by atoms with E-state index < -0.39 is 0 Å². The molecular weight excluding hydrogens is 184 g/mol. The Morgan fingerprint density at radius 1 is 1.33 bits per heavy atom. The molecular formula is C14H16O. The van der Waals surface area contributed by atoms with Crippen LogP contribution in [-0.4, -0.2) is 11.2 Å². The summed E-state index contributed by atoms with van der Waals surface area (Å²) in [6, 6.07) is 9.96. The molecule has 0 heterocycles. The van der Waals surface area contributed by atoms with E-state index in [2.05, 4.69) is 11.8 Å². The number of benzene rings is 1. The van der Waals surface area contributed by atoms with Crippen LogP contribution in [0.2, 0.25) is 0 Å². The van der Waals surface area contributed by atoms with Crippen LogP contribution in [0.1, 0.15) is 31.7 Å². The minimum atomic E-state index is -0.256. The number of hydrogen-bond acceptors (Lipinski definition) is 1. The van der Waals surface area contributed by atoms with Gasteiger partial charge in [-0.25, -0.2) is 0 Å². The fraction of sp³-hybridized carbons (Fsp3) is 0.429. The summed E-state index contributed by atoms with van der Waals surface area (Å²) in [5.41, 5.74) is 0.942. The summed E-state index contributed by atoms with van der Waals surface area (Å²) < 4.78 is 0. The maximum absolute atomic E-state index is 9.82. The fourth-order valence-electron chi connectivity index (χ4n) is 1.79. The monoisotopic (exact) mass is 200 g/mol. The average Bonchev–Trinajstić information content (AvgIpc) is 3.08. The molecule has 15 heavy (non-hydrogen) atoms. The summed E-state index contributed by atoms with van der Waals surface area (Å²) in [5.74, 6) is 6.39. The topological polar surface area (TPSA) is 20.2 Å². The first kappa shape index (κ1) is 10.3. The molecule has 0 amide bonds. The summed E-state index contributed by atoms with van der Waals surface area (Å²) >= 11 is 0. The molecule has 2 rings (SSSR count). The van der Waals surface area contributed by atoms with Gasteiger partial charge in [0.25, 0.3) is 0 Å². The Kier molecular flexibility index (Phi) is 2.79. The third-order valence-electron chi connectivity index (χ3n) is 3.04. The number of aliphatic hydroxyl groups is 1. The quantitative estimate of drug-likeness (QED) is 0.727. The van der Waals surface area contributed by atoms with Gasteiger partial charge in [0.05, 0.1) is 11.5 Å². The van der Waals surface area contributed by atoms with Crippen LogP contribution in [0.3, 0.4) is 0 Å². The molecule has 1 atom stereocenters. The van der Waals surface area contributed by atoms with E-state index in [1.54, 1.807) is 0 Å². The molecule has 1 aromatic rings. The van der Waals surface area contributed by atoms with E-state index in [-0.39, 0.29) is 11.5 Å². The first-order valence-corrected chi connectivity index (χ1v) is 5.53. The standard InChI is InChI=1S/C14H16O/c1-2-13(15)14(10-11-14)9-8-12-6-4-3-5-7-12/h3-7,13,15H,2,10-11H2,1H3. The van der Waals surface area contributed by atoms with E-state index in [0.717, 1.165) is 24.8 Å². The van der Waals surface area contributed by atoms with Crippen molar-refractivity contribution < 1.29 is 5.11 Å². The van der Waals surface area contributed by atoms with Gasteiger partial charge in [-0.05, 0) is 31.4 Å². The molecule has 0 aliphatic heterocycles. The third-order valence-corrected chi connectivity index (χ3v) is 3.04. The highest BCUT2D eigenvalue weighted by atomic mass is 16.3. The molecule has 0 radical (unpaired) electrons. The van der Waals surface area contributed by atoms with Crippen molar-refractivity contribution in [3.05, 3.63) is 35.9 Å². The van der Waals surface area contributed by atoms with Crippen molar-refractivity contribution in [2.45, 2.75) is 32.3 Å². The predicted octanol–water partition coefficient (Wildman–Crippen LogP) is 2.59. The maximum atomic E-state index is 9.82. The second-order valence-electron chi connectivity index (χ2n) is 4.20. The SMILES string of the molecule is CCC(O)C1(C#Cc2ccccc2)CC1. The molecule has 1 fully saturated rings. The molecule has 1 nitrogen and oxygen atoms in total. The van der Waals surface area contributed by atoms with E-state index in [0.29, 0.717) is 0 Å². The summed E-state index contributed by atoms with van der Waals surface area (Å²) in [4.78, 5) is 0. The van der Waals surface area contributed by atoms with Crippen LogP contribution in [0.25, 0.3) is 0 Å². The van der Waals surface area contributed by atoms with Gasteiger partial charge in [0.1, 0.15) is 0 Å². The van der Waals surface area contributed by atoms with Gasteiger partial charge in [-0.3, -0.25) is 0 Å². The highest BCUT2D eigenvalue weighted by Crippen LogP contribution is 2.49. The number of hydrogen-bond donors (Lipinski definition) is 1. The van der Waals surface area contributed by atoms with Gasteiger partial charge in [0, 0.05) is 5.56 Å². The van der Waals surface area contributed by atoms with Gasteiger partial charge in [-0.15, -0.1) is 0 Å². The molecule has 1 aliphatic carbocycles. The van der Waals surface area contributed by atoms with Crippen LogP contribution < -0.4 is 0 Å². The Labute approximate surface area is 91.1 Å². The normalized spacial score (nSPS) is 18.8. The van der Waals surface area contributed by atoms with Crippen LogP contribution in [0.5, 0.6) is 0 Å². The summed E-state index contributed by atoms with van der Waals surface area (Å²) in [6.07, 6.45) is 2.63. The van der Waals surface area contributed by atoms with E-state index >= 15 is 0 Å². The smallest absolute Gasteiger partial charge is 0.0703 e. The van der Waals surface area contributed by atoms with Crippen LogP contribution in [0.4, 0.5) is 0 Å². The van der Waals surface area contributed by atoms with E-state index in [9.17, 15) is 5.11 Å². The van der Waals surface area contributed by atoms with Crippen molar-refractivity contribution >= 4 is 0 Å². The average molecular weight is 200 g/mol. The highest BCUT2D eigenvalue weighted by molar-refractivity contribution is 5.37. The fourth-order valence-corrected chi connectivity index (χ4v) is 1.79. The molecule has 0 bridgehead atoms. The Morgan fingerprint density at radius 3 is 2.53 bits per heavy atom. The number of aliphatic hydroxyl groups excluding tert-OH is 1. The third kappa shape index (κ3) is 2.22. The Balaban J connectivity index is 2.13. The van der Waals surface area contributed by atoms with Gasteiger partial charge in [0.15, 0.2) is 0 Å². The molecule has 1 saturated carbocycles. The zero-order valence-electron chi connectivity index (χ0n) is 9.03. The van der Waals surface area contributed by atoms with E-state index in [1.165, 1.54) is 0 Å². The van der Waals surface area contributed by atoms with Crippen molar-refractivity contribution in [1.29, 1.82) is 0 Å². The largest absolute Gasteiger partial charge is 0.392 e. The summed E-state index contributed by atoms with van der Waals surface area (Å²) in [7, 11) is 0. The summed E-state index contributed by atoms with van der Waals surface area (Å²) in [6.45, 7) is 2.01. The van der Waals surface area contributed by atoms with Crippen molar-refractivity contribution in [3.8, 4) is 11.8 Å². The van der Waals surface area contributed by atoms with Gasteiger partial charge in [-0.2, -0.15) is 0 Å². The van der Waals surface area contributed by atoms with E-state index in [1.807, 2.05) is 37.3 Å². The predicted molar refractivity (Wildman–Crippen MR) is 61.3 cm³/mol. The summed E-state index contributed by atoms with van der Waals surface area (Å²) in [5, 5.41) is 9.82. The molecule has 78 valence electrons. The van der Waals surface area contributed by atoms with Crippen molar-refractivity contribution in [1.82, 2.24) is 0 Å². The first-order chi connectivity index (χ1) is 7.27. The lowest BCUT2D eigenvalue weighted by molar-refractivity contribution is 0.118. The second-order valence-corrected chi connectivity index (χ2v) is 4.20. The van der Waals surface area contributed by atoms with E-state index in [4.69, 9.17) is 0 Å². The minimum Gasteiger partial charge on any atom is -0.392 e. The first-order valence-electron chi connectivity index (χ1n) is 5.53. The molecule has 1 unspecified atom stereocenters. The second kappa shape index (κ2) is 4.08. The van der Waals surface area contributed by atoms with Crippen molar-refractivity contribution in [2.75, 3.05) is 0 Å². The zero-order valence-corrected chi connectivity index (χ0v) is 9.03. The molecule has 1 heteroatoms. The Bertz CT molecular complexity index is 379. The van der Waals surface area contributed by atoms with Gasteiger partial charge < -0.3 is 5.11 Å². The molecule has 1 N–H and O–H groups in total. The van der Waals surface area contributed by atoms with Crippen molar-refractivity contribution in [2.24, 2.45) is 5.41 Å². The Morgan fingerprint density at radius 2 is 2.00 bits per heavy atom. The lowest BCUT2D eigenvalue weighted by atomic mass is 9.97. The number of rotatable bonds is 2. The lowest BCUT2D eigenvalue weighted by Gasteiger charge is -2.13.